The molecule has 6 nitrogen and oxygen atoms in total. The molecule has 8 heavy (non-hydrogen) atoms. The minimum Gasteiger partial charge on any atom is -0.313 e. The molecule has 50 valence electrons. The fourth-order valence-electron chi connectivity index (χ4n) is 0.0750. The molecule has 0 radical (unpaired) electrons. The summed E-state index contributed by atoms with van der Waals surface area (Å²) in [5.74, 6) is 0. The zero-order valence-corrected chi connectivity index (χ0v) is 4.48. The Morgan fingerprint density at radius 1 is 1.00 bits per heavy atom. The summed E-state index contributed by atoms with van der Waals surface area (Å²) in [5, 5.41) is 21.9. The highest BCUT2D eigenvalue weighted by atomic mass is 35.5. The van der Waals surface area contributed by atoms with Crippen LogP contribution in [0.2, 0.25) is 0 Å². The van der Waals surface area contributed by atoms with Gasteiger partial charge in [-0.15, -0.1) is 0 Å². The van der Waals surface area contributed by atoms with Gasteiger partial charge in [-0.3, -0.25) is 0 Å². The Morgan fingerprint density at radius 3 is 1.25 bits per heavy atom. The lowest BCUT2D eigenvalue weighted by Gasteiger charge is -2.19. The van der Waals surface area contributed by atoms with Crippen molar-refractivity contribution in [2.75, 3.05) is 0 Å². The fourth-order valence-corrected chi connectivity index (χ4v) is 0.0750. The van der Waals surface area contributed by atoms with Crippen LogP contribution < -0.4 is 16.4 Å². The number of rotatable bonds is 3. The summed E-state index contributed by atoms with van der Waals surface area (Å²) >= 11 is 5.01. The molecule has 0 saturated carbocycles. The first-order chi connectivity index (χ1) is 3.68. The maximum Gasteiger partial charge on any atom is 0.267 e. The Kier molecular flexibility index (Phi) is 3.17. The van der Waals surface area contributed by atoms with E-state index in [0.29, 0.717) is 0 Å². The van der Waals surface area contributed by atoms with E-state index in [2.05, 4.69) is 0 Å². The molecule has 0 spiro atoms. The number of halogens is 1. The van der Waals surface area contributed by atoms with Crippen molar-refractivity contribution in [1.29, 1.82) is 0 Å². The van der Waals surface area contributed by atoms with E-state index in [-0.39, 0.29) is 0 Å². The van der Waals surface area contributed by atoms with Gasteiger partial charge in [0, 0.05) is 0 Å². The molecule has 0 fully saturated rings. The molecule has 0 bridgehead atoms. The average molecular weight is 144 g/mol. The average Bonchev–Trinajstić information content (AvgIpc) is 1.87. The second-order valence-corrected chi connectivity index (χ2v) is 1.56. The molecule has 0 aromatic heterocycles. The summed E-state index contributed by atoms with van der Waals surface area (Å²) < 4.78 is 0. The van der Waals surface area contributed by atoms with E-state index in [1.54, 1.807) is 0 Å². The van der Waals surface area contributed by atoms with Crippen molar-refractivity contribution in [3.05, 3.63) is 0 Å². The van der Waals surface area contributed by atoms with Crippen molar-refractivity contribution in [2.24, 2.45) is 0 Å². The third-order valence-corrected chi connectivity index (χ3v) is 0.716. The minimum absolute atomic E-state index is 1.32. The van der Waals surface area contributed by atoms with Crippen LogP contribution >= 0.6 is 11.6 Å². The quantitative estimate of drug-likeness (QED) is 0.128. The van der Waals surface area contributed by atoms with Gasteiger partial charge in [-0.1, -0.05) is 11.6 Å². The van der Waals surface area contributed by atoms with Crippen LogP contribution in [0.25, 0.3) is 0 Å². The summed E-state index contributed by atoms with van der Waals surface area (Å²) in [5.41, 5.74) is 3.96. The van der Waals surface area contributed by atoms with Crippen LogP contribution in [0.3, 0.4) is 0 Å². The van der Waals surface area contributed by atoms with Gasteiger partial charge in [-0.25, -0.2) is 0 Å². The van der Waals surface area contributed by atoms with E-state index in [4.69, 9.17) is 27.2 Å². The number of hydroxylamine groups is 3. The summed E-state index contributed by atoms with van der Waals surface area (Å²) in [7, 11) is 0. The van der Waals surface area contributed by atoms with Crippen molar-refractivity contribution in [3.63, 3.8) is 0 Å². The number of hydrogen-bond acceptors (Lipinski definition) is 6. The van der Waals surface area contributed by atoms with Gasteiger partial charge in [-0.05, 0) is 0 Å². The van der Waals surface area contributed by atoms with E-state index in [1.807, 2.05) is 0 Å². The Bertz CT molecular complexity index is 57.3. The number of nitrogens with one attached hydrogen (secondary N) is 3. The van der Waals surface area contributed by atoms with Crippen molar-refractivity contribution in [3.8, 4) is 0 Å². The Balaban J connectivity index is 3.58. The Labute approximate surface area is 49.9 Å². The predicted molar refractivity (Wildman–Crippen MR) is 23.4 cm³/mol. The van der Waals surface area contributed by atoms with Crippen LogP contribution in [0.1, 0.15) is 0 Å². The molecule has 0 aliphatic carbocycles. The Hall–Kier alpha value is 0.0500. The second-order valence-electron chi connectivity index (χ2n) is 0.994. The number of alkyl halides is 1. The molecular formula is CH6ClN3O3. The van der Waals surface area contributed by atoms with Gasteiger partial charge < -0.3 is 15.6 Å². The molecule has 0 atom stereocenters. The van der Waals surface area contributed by atoms with Crippen LogP contribution in [0.15, 0.2) is 0 Å². The normalized spacial score (nSPS) is 12.0. The van der Waals surface area contributed by atoms with Gasteiger partial charge >= 0.3 is 0 Å². The largest absolute Gasteiger partial charge is 0.313 e. The molecule has 0 amide bonds. The van der Waals surface area contributed by atoms with Gasteiger partial charge in [-0.2, -0.15) is 16.4 Å². The molecule has 0 aromatic rings. The minimum atomic E-state index is -1.99. The molecule has 6 N–H and O–H groups in total. The molecular weight excluding hydrogens is 137 g/mol. The maximum atomic E-state index is 7.96. The third kappa shape index (κ3) is 1.88. The molecule has 0 saturated heterocycles. The van der Waals surface area contributed by atoms with Crippen LogP contribution in [-0.4, -0.2) is 20.9 Å². The third-order valence-electron chi connectivity index (χ3n) is 0.462. The summed E-state index contributed by atoms with van der Waals surface area (Å²) in [6.45, 7) is 0. The van der Waals surface area contributed by atoms with E-state index >= 15 is 0 Å². The topological polar surface area (TPSA) is 96.8 Å². The van der Waals surface area contributed by atoms with Crippen molar-refractivity contribution < 1.29 is 15.6 Å². The zero-order valence-electron chi connectivity index (χ0n) is 3.72. The van der Waals surface area contributed by atoms with Crippen LogP contribution in [-0.2, 0) is 0 Å². The van der Waals surface area contributed by atoms with Crippen LogP contribution in [0, 0.1) is 0 Å². The van der Waals surface area contributed by atoms with Crippen molar-refractivity contribution >= 4 is 11.6 Å². The zero-order chi connectivity index (χ0) is 6.62. The van der Waals surface area contributed by atoms with Gasteiger partial charge in [0.15, 0.2) is 0 Å². The summed E-state index contributed by atoms with van der Waals surface area (Å²) in [4.78, 5) is 0. The lowest BCUT2D eigenvalue weighted by molar-refractivity contribution is -0.0749. The van der Waals surface area contributed by atoms with Gasteiger partial charge in [0.1, 0.15) is 0 Å². The molecule has 0 unspecified atom stereocenters. The number of hydrogen-bond donors (Lipinski definition) is 6. The predicted octanol–water partition coefficient (Wildman–Crippen LogP) is -1.23. The summed E-state index contributed by atoms with van der Waals surface area (Å²) in [6, 6.07) is 0. The smallest absolute Gasteiger partial charge is 0.267 e. The van der Waals surface area contributed by atoms with E-state index < -0.39 is 5.25 Å². The Morgan fingerprint density at radius 2 is 1.25 bits per heavy atom. The highest BCUT2D eigenvalue weighted by Crippen LogP contribution is 1.95. The van der Waals surface area contributed by atoms with E-state index in [1.165, 1.54) is 16.4 Å². The highest BCUT2D eigenvalue weighted by molar-refractivity contribution is 6.22. The molecule has 0 aliphatic heterocycles. The first kappa shape index (κ1) is 8.05. The van der Waals surface area contributed by atoms with E-state index in [0.717, 1.165) is 0 Å². The van der Waals surface area contributed by atoms with Crippen molar-refractivity contribution in [1.82, 2.24) is 16.4 Å². The highest BCUT2D eigenvalue weighted by Gasteiger charge is 2.22. The van der Waals surface area contributed by atoms with Gasteiger partial charge in [0.25, 0.3) is 5.25 Å². The standard InChI is InChI=1S/CH6ClN3O3/c2-1(3-6,4-7)5-8/h3-8H. The first-order valence-corrected chi connectivity index (χ1v) is 1.99. The van der Waals surface area contributed by atoms with Crippen molar-refractivity contribution in [2.45, 2.75) is 5.25 Å². The molecule has 7 heteroatoms. The van der Waals surface area contributed by atoms with E-state index in [9.17, 15) is 0 Å². The van der Waals surface area contributed by atoms with Crippen LogP contribution in [0.5, 0.6) is 0 Å². The van der Waals surface area contributed by atoms with Crippen LogP contribution in [0.4, 0.5) is 0 Å². The molecule has 0 rings (SSSR count). The monoisotopic (exact) mass is 143 g/mol. The van der Waals surface area contributed by atoms with Gasteiger partial charge in [0.05, 0.1) is 0 Å². The first-order valence-electron chi connectivity index (χ1n) is 1.61. The fraction of sp³-hybridized carbons (Fsp3) is 1.00. The molecule has 0 heterocycles. The maximum absolute atomic E-state index is 7.96. The molecule has 0 aliphatic rings. The SMILES string of the molecule is ONC(Cl)(NO)NO. The molecule has 0 aromatic carbocycles. The lowest BCUT2D eigenvalue weighted by Crippen LogP contribution is -2.59. The lowest BCUT2D eigenvalue weighted by atomic mass is 10.9. The van der Waals surface area contributed by atoms with Gasteiger partial charge in [0.2, 0.25) is 0 Å². The summed E-state index contributed by atoms with van der Waals surface area (Å²) in [6.07, 6.45) is 0. The second kappa shape index (κ2) is 3.15.